The average Bonchev–Trinajstić information content (AvgIpc) is 2.90. The zero-order valence-electron chi connectivity index (χ0n) is 17.7. The number of carboxylic acid groups (broad SMARTS) is 1. The van der Waals surface area contributed by atoms with Crippen LogP contribution in [0.5, 0.6) is 5.75 Å². The second-order valence-corrected chi connectivity index (χ2v) is 8.72. The first kappa shape index (κ1) is 23.7. The monoisotopic (exact) mass is 438 g/mol. The summed E-state index contributed by atoms with van der Waals surface area (Å²) in [5.41, 5.74) is 0. The van der Waals surface area contributed by atoms with E-state index in [9.17, 15) is 18.7 Å². The van der Waals surface area contributed by atoms with E-state index in [1.54, 1.807) is 30.3 Å². The minimum absolute atomic E-state index is 0.0149. The van der Waals surface area contributed by atoms with Crippen LogP contribution in [0.2, 0.25) is 0 Å². The predicted octanol–water partition coefficient (Wildman–Crippen LogP) is 4.69. The van der Waals surface area contributed by atoms with Crippen molar-refractivity contribution in [2.45, 2.75) is 63.1 Å². The topological polar surface area (TPSA) is 76.0 Å². The highest BCUT2D eigenvalue weighted by Gasteiger charge is 2.44. The molecule has 5 atom stereocenters. The lowest BCUT2D eigenvalue weighted by molar-refractivity contribution is -0.137. The number of benzene rings is 1. The molecule has 1 aliphatic carbocycles. The highest BCUT2D eigenvalue weighted by Crippen LogP contribution is 2.42. The van der Waals surface area contributed by atoms with Gasteiger partial charge < -0.3 is 19.7 Å². The Morgan fingerprint density at radius 1 is 1.23 bits per heavy atom. The lowest BCUT2D eigenvalue weighted by Crippen LogP contribution is -2.25. The molecule has 2 N–H and O–H groups in total. The lowest BCUT2D eigenvalue weighted by atomic mass is 9.86. The van der Waals surface area contributed by atoms with E-state index < -0.39 is 24.6 Å². The second-order valence-electron chi connectivity index (χ2n) is 8.72. The van der Waals surface area contributed by atoms with Crippen LogP contribution >= 0.6 is 0 Å². The fourth-order valence-electron chi connectivity index (χ4n) is 4.65. The first-order valence-electron chi connectivity index (χ1n) is 11.1. The highest BCUT2D eigenvalue weighted by molar-refractivity contribution is 5.66. The predicted molar refractivity (Wildman–Crippen MR) is 112 cm³/mol. The van der Waals surface area contributed by atoms with Gasteiger partial charge in [0.25, 0.3) is 5.92 Å². The number of aliphatic hydroxyl groups is 1. The number of hydrogen-bond donors (Lipinski definition) is 2. The number of alkyl halides is 2. The minimum atomic E-state index is -3.13. The van der Waals surface area contributed by atoms with Gasteiger partial charge in [0.2, 0.25) is 0 Å². The van der Waals surface area contributed by atoms with Crippen LogP contribution < -0.4 is 4.74 Å². The van der Waals surface area contributed by atoms with Gasteiger partial charge in [0, 0.05) is 25.4 Å². The second kappa shape index (κ2) is 11.0. The van der Waals surface area contributed by atoms with Crippen molar-refractivity contribution in [3.8, 4) is 5.75 Å². The molecule has 1 aromatic carbocycles. The fraction of sp³-hybridized carbons (Fsp3) is 0.625. The lowest BCUT2D eigenvalue weighted by Gasteiger charge is -2.21. The first-order chi connectivity index (χ1) is 14.8. The van der Waals surface area contributed by atoms with E-state index in [0.717, 1.165) is 31.8 Å². The summed E-state index contributed by atoms with van der Waals surface area (Å²) in [5.74, 6) is -3.52. The Kier molecular flexibility index (Phi) is 8.43. The number of halogens is 2. The third-order valence-electron chi connectivity index (χ3n) is 6.33. The molecule has 5 nitrogen and oxygen atoms in total. The number of unbranched alkanes of at least 4 members (excludes halogenated alkanes) is 1. The van der Waals surface area contributed by atoms with Crippen molar-refractivity contribution >= 4 is 5.97 Å². The van der Waals surface area contributed by atoms with Crippen molar-refractivity contribution in [3.05, 3.63) is 42.5 Å². The van der Waals surface area contributed by atoms with Crippen molar-refractivity contribution in [2.24, 2.45) is 17.8 Å². The van der Waals surface area contributed by atoms with Crippen LogP contribution in [0.1, 0.15) is 44.9 Å². The number of carbonyl (C=O) groups is 1. The summed E-state index contributed by atoms with van der Waals surface area (Å²) in [4.78, 5) is 10.6. The summed E-state index contributed by atoms with van der Waals surface area (Å²) in [6.07, 6.45) is 6.25. The van der Waals surface area contributed by atoms with Crippen LogP contribution in [0.25, 0.3) is 0 Å². The third-order valence-corrected chi connectivity index (χ3v) is 6.33. The minimum Gasteiger partial charge on any atom is -0.487 e. The Bertz CT molecular complexity index is 724. The van der Waals surface area contributed by atoms with E-state index in [1.807, 2.05) is 0 Å². The number of rotatable bonds is 10. The van der Waals surface area contributed by atoms with Gasteiger partial charge in [-0.1, -0.05) is 30.7 Å². The quantitative estimate of drug-likeness (QED) is 0.409. The van der Waals surface area contributed by atoms with E-state index in [0.29, 0.717) is 31.1 Å². The molecule has 0 amide bonds. The van der Waals surface area contributed by atoms with Crippen LogP contribution in [0.3, 0.4) is 0 Å². The fourth-order valence-corrected chi connectivity index (χ4v) is 4.65. The SMILES string of the molecule is O=C(O)CCCC[C@H]1CC[C@@H]2[C@@H](/C=C/C(F)(F)COc3ccccc3)[C@H](O)C[C@@H]2OC1. The van der Waals surface area contributed by atoms with Gasteiger partial charge in [-0.3, -0.25) is 4.79 Å². The smallest absolute Gasteiger partial charge is 0.303 e. The van der Waals surface area contributed by atoms with Crippen molar-refractivity contribution in [1.29, 1.82) is 0 Å². The molecule has 1 saturated heterocycles. The zero-order chi connectivity index (χ0) is 22.3. The van der Waals surface area contributed by atoms with Crippen LogP contribution in [0, 0.1) is 17.8 Å². The number of para-hydroxylation sites is 1. The molecule has 0 bridgehead atoms. The van der Waals surface area contributed by atoms with E-state index in [1.165, 1.54) is 6.08 Å². The average molecular weight is 439 g/mol. The van der Waals surface area contributed by atoms with Gasteiger partial charge in [0.15, 0.2) is 6.61 Å². The molecular formula is C24H32F2O5. The van der Waals surface area contributed by atoms with E-state index in [2.05, 4.69) is 0 Å². The molecule has 0 aromatic heterocycles. The van der Waals surface area contributed by atoms with Crippen molar-refractivity contribution in [3.63, 3.8) is 0 Å². The van der Waals surface area contributed by atoms with Gasteiger partial charge in [-0.05, 0) is 55.7 Å². The van der Waals surface area contributed by atoms with Crippen molar-refractivity contribution in [1.82, 2.24) is 0 Å². The Morgan fingerprint density at radius 2 is 2.00 bits per heavy atom. The summed E-state index contributed by atoms with van der Waals surface area (Å²) in [7, 11) is 0. The Hall–Kier alpha value is -1.99. The van der Waals surface area contributed by atoms with Crippen molar-refractivity contribution in [2.75, 3.05) is 13.2 Å². The molecule has 0 unspecified atom stereocenters. The Balaban J connectivity index is 1.51. The Morgan fingerprint density at radius 3 is 2.74 bits per heavy atom. The highest BCUT2D eigenvalue weighted by atomic mass is 19.3. The number of aliphatic carboxylic acids is 1. The summed E-state index contributed by atoms with van der Waals surface area (Å²) >= 11 is 0. The maximum absolute atomic E-state index is 14.3. The largest absolute Gasteiger partial charge is 0.487 e. The summed E-state index contributed by atoms with van der Waals surface area (Å²) in [6, 6.07) is 8.50. The van der Waals surface area contributed by atoms with Gasteiger partial charge in [-0.25, -0.2) is 0 Å². The normalized spacial score (nSPS) is 28.9. The zero-order valence-corrected chi connectivity index (χ0v) is 17.7. The molecule has 1 aromatic rings. The van der Waals surface area contributed by atoms with Crippen LogP contribution in [-0.2, 0) is 9.53 Å². The molecule has 172 valence electrons. The first-order valence-corrected chi connectivity index (χ1v) is 11.1. The molecule has 2 aliphatic rings. The molecule has 0 radical (unpaired) electrons. The summed E-state index contributed by atoms with van der Waals surface area (Å²) in [6.45, 7) is -0.169. The van der Waals surface area contributed by atoms with E-state index in [4.69, 9.17) is 14.6 Å². The summed E-state index contributed by atoms with van der Waals surface area (Å²) < 4.78 is 39.9. The molecule has 0 spiro atoms. The molecule has 31 heavy (non-hydrogen) atoms. The Labute approximate surface area is 182 Å². The molecule has 2 fully saturated rings. The molecule has 1 heterocycles. The van der Waals surface area contributed by atoms with Crippen molar-refractivity contribution < 1.29 is 33.3 Å². The van der Waals surface area contributed by atoms with Gasteiger partial charge in [-0.2, -0.15) is 8.78 Å². The molecule has 3 rings (SSSR count). The van der Waals surface area contributed by atoms with Gasteiger partial charge in [-0.15, -0.1) is 0 Å². The molecule has 7 heteroatoms. The molecule has 1 aliphatic heterocycles. The number of aliphatic hydroxyl groups excluding tert-OH is 1. The standard InChI is InChI=1S/C24H32F2O5/c25-24(26,16-31-18-7-2-1-3-8-18)13-12-19-20-11-10-17(6-4-5-9-23(28)29)15-30-22(20)14-21(19)27/h1-3,7-8,12-13,17,19-22,27H,4-6,9-11,14-16H2,(H,28,29)/b13-12+/t17-,19+,20+,21+,22-/m0/s1. The van der Waals surface area contributed by atoms with Crippen LogP contribution in [0.15, 0.2) is 42.5 Å². The van der Waals surface area contributed by atoms with Gasteiger partial charge in [0.1, 0.15) is 5.75 Å². The van der Waals surface area contributed by atoms with Crippen LogP contribution in [-0.4, -0.2) is 47.5 Å². The maximum atomic E-state index is 14.3. The number of fused-ring (bicyclic) bond motifs is 1. The van der Waals surface area contributed by atoms with Gasteiger partial charge >= 0.3 is 5.97 Å². The maximum Gasteiger partial charge on any atom is 0.303 e. The molecular weight excluding hydrogens is 406 g/mol. The number of carboxylic acids is 1. The third kappa shape index (κ3) is 7.28. The number of hydrogen-bond acceptors (Lipinski definition) is 4. The molecule has 1 saturated carbocycles. The van der Waals surface area contributed by atoms with Gasteiger partial charge in [0.05, 0.1) is 12.2 Å². The van der Waals surface area contributed by atoms with E-state index >= 15 is 0 Å². The van der Waals surface area contributed by atoms with E-state index in [-0.39, 0.29) is 24.4 Å². The number of ether oxygens (including phenoxy) is 2. The summed E-state index contributed by atoms with van der Waals surface area (Å²) in [5, 5.41) is 19.2. The van der Waals surface area contributed by atoms with Crippen LogP contribution in [0.4, 0.5) is 8.78 Å².